The van der Waals surface area contributed by atoms with Crippen molar-refractivity contribution < 1.29 is 19.1 Å². The maximum atomic E-state index is 11.2. The molecule has 4 heteroatoms. The number of methoxy groups -OCH3 is 1. The zero-order valence-corrected chi connectivity index (χ0v) is 8.36. The number of hydrogen-bond acceptors (Lipinski definition) is 4. The van der Waals surface area contributed by atoms with E-state index in [1.165, 1.54) is 14.0 Å². The Morgan fingerprint density at radius 2 is 2.14 bits per heavy atom. The lowest BCUT2D eigenvalue weighted by atomic mass is 9.92. The fourth-order valence-electron chi connectivity index (χ4n) is 1.51. The van der Waals surface area contributed by atoms with Crippen LogP contribution in [0, 0.1) is 5.92 Å². The topological polar surface area (TPSA) is 52.6 Å². The second-order valence-corrected chi connectivity index (χ2v) is 3.27. The number of rotatable bonds is 2. The Labute approximate surface area is 82.9 Å². The number of allylic oxidation sites excluding steroid dienone is 1. The van der Waals surface area contributed by atoms with Crippen molar-refractivity contribution in [3.63, 3.8) is 0 Å². The van der Waals surface area contributed by atoms with Crippen LogP contribution in [-0.4, -0.2) is 25.2 Å². The lowest BCUT2D eigenvalue weighted by Crippen LogP contribution is -2.26. The molecular formula is C10H14O4. The Bertz CT molecular complexity index is 257. The maximum Gasteiger partial charge on any atom is 0.309 e. The summed E-state index contributed by atoms with van der Waals surface area (Å²) in [4.78, 5) is 21.9. The second-order valence-electron chi connectivity index (χ2n) is 3.27. The third-order valence-corrected chi connectivity index (χ3v) is 2.14. The first kappa shape index (κ1) is 10.8. The van der Waals surface area contributed by atoms with E-state index in [0.29, 0.717) is 12.8 Å². The van der Waals surface area contributed by atoms with Gasteiger partial charge in [-0.25, -0.2) is 0 Å². The summed E-state index contributed by atoms with van der Waals surface area (Å²) in [5.41, 5.74) is 0. The van der Waals surface area contributed by atoms with E-state index in [4.69, 9.17) is 4.74 Å². The third kappa shape index (κ3) is 2.87. The van der Waals surface area contributed by atoms with E-state index >= 15 is 0 Å². The van der Waals surface area contributed by atoms with Crippen LogP contribution in [0.1, 0.15) is 19.8 Å². The first-order valence-corrected chi connectivity index (χ1v) is 4.55. The van der Waals surface area contributed by atoms with E-state index in [9.17, 15) is 9.59 Å². The Hall–Kier alpha value is -1.32. The highest BCUT2D eigenvalue weighted by Crippen LogP contribution is 2.21. The van der Waals surface area contributed by atoms with Crippen LogP contribution in [0.4, 0.5) is 0 Å². The van der Waals surface area contributed by atoms with Crippen LogP contribution in [0.2, 0.25) is 0 Å². The molecule has 0 aromatic heterocycles. The largest absolute Gasteiger partial charge is 0.469 e. The van der Waals surface area contributed by atoms with Crippen LogP contribution >= 0.6 is 0 Å². The van der Waals surface area contributed by atoms with Gasteiger partial charge in [-0.05, 0) is 12.5 Å². The van der Waals surface area contributed by atoms with E-state index < -0.39 is 0 Å². The first-order valence-electron chi connectivity index (χ1n) is 4.55. The average Bonchev–Trinajstić information content (AvgIpc) is 2.16. The lowest BCUT2D eigenvalue weighted by Gasteiger charge is -2.22. The van der Waals surface area contributed by atoms with Crippen molar-refractivity contribution in [2.75, 3.05) is 7.11 Å². The van der Waals surface area contributed by atoms with Crippen molar-refractivity contribution >= 4 is 11.9 Å². The van der Waals surface area contributed by atoms with Gasteiger partial charge in [0.25, 0.3) is 0 Å². The molecule has 0 spiro atoms. The third-order valence-electron chi connectivity index (χ3n) is 2.14. The maximum absolute atomic E-state index is 11.2. The fourth-order valence-corrected chi connectivity index (χ4v) is 1.51. The van der Waals surface area contributed by atoms with Gasteiger partial charge in [0, 0.05) is 13.3 Å². The molecule has 1 rings (SSSR count). The summed E-state index contributed by atoms with van der Waals surface area (Å²) in [6.07, 6.45) is 4.54. The molecule has 0 aromatic rings. The van der Waals surface area contributed by atoms with E-state index in [1.54, 1.807) is 6.08 Å². The monoisotopic (exact) mass is 198 g/mol. The second kappa shape index (κ2) is 4.79. The van der Waals surface area contributed by atoms with Gasteiger partial charge in [0.15, 0.2) is 0 Å². The van der Waals surface area contributed by atoms with Crippen LogP contribution < -0.4 is 0 Å². The first-order chi connectivity index (χ1) is 6.63. The van der Waals surface area contributed by atoms with Crippen molar-refractivity contribution in [3.05, 3.63) is 12.2 Å². The van der Waals surface area contributed by atoms with Crippen LogP contribution in [-0.2, 0) is 19.1 Å². The van der Waals surface area contributed by atoms with Gasteiger partial charge in [-0.2, -0.15) is 0 Å². The molecular weight excluding hydrogens is 184 g/mol. The number of esters is 2. The minimum atomic E-state index is -0.329. The quantitative estimate of drug-likeness (QED) is 0.491. The number of ether oxygens (including phenoxy) is 2. The van der Waals surface area contributed by atoms with Crippen molar-refractivity contribution in [1.82, 2.24) is 0 Å². The van der Waals surface area contributed by atoms with E-state index in [0.717, 1.165) is 0 Å². The van der Waals surface area contributed by atoms with Crippen molar-refractivity contribution in [2.45, 2.75) is 25.9 Å². The predicted octanol–water partition coefficient (Wildman–Crippen LogP) is 1.06. The van der Waals surface area contributed by atoms with Gasteiger partial charge < -0.3 is 9.47 Å². The van der Waals surface area contributed by atoms with Crippen molar-refractivity contribution in [2.24, 2.45) is 5.92 Å². The molecule has 78 valence electrons. The minimum Gasteiger partial charge on any atom is -0.469 e. The van der Waals surface area contributed by atoms with Gasteiger partial charge in [0.2, 0.25) is 0 Å². The molecule has 1 aliphatic carbocycles. The molecule has 0 amide bonds. The molecule has 14 heavy (non-hydrogen) atoms. The average molecular weight is 198 g/mol. The normalized spacial score (nSPS) is 25.6. The summed E-state index contributed by atoms with van der Waals surface area (Å²) < 4.78 is 9.61. The SMILES string of the molecule is COC(=O)[C@@H]1CC=C[C@H](OC(C)=O)C1. The Balaban J connectivity index is 2.51. The highest BCUT2D eigenvalue weighted by atomic mass is 16.5. The Kier molecular flexibility index (Phi) is 3.68. The Morgan fingerprint density at radius 3 is 2.71 bits per heavy atom. The molecule has 0 aliphatic heterocycles. The molecule has 0 unspecified atom stereocenters. The zero-order valence-electron chi connectivity index (χ0n) is 8.36. The van der Waals surface area contributed by atoms with Crippen LogP contribution in [0.15, 0.2) is 12.2 Å². The number of carbonyl (C=O) groups excluding carboxylic acids is 2. The summed E-state index contributed by atoms with van der Waals surface area (Å²) in [5.74, 6) is -0.758. The fraction of sp³-hybridized carbons (Fsp3) is 0.600. The van der Waals surface area contributed by atoms with Gasteiger partial charge in [-0.3, -0.25) is 9.59 Å². The summed E-state index contributed by atoms with van der Waals surface area (Å²) in [6, 6.07) is 0. The molecule has 0 saturated carbocycles. The van der Waals surface area contributed by atoms with Gasteiger partial charge in [-0.15, -0.1) is 0 Å². The van der Waals surface area contributed by atoms with Crippen LogP contribution in [0.5, 0.6) is 0 Å². The van der Waals surface area contributed by atoms with Crippen molar-refractivity contribution in [1.29, 1.82) is 0 Å². The summed E-state index contributed by atoms with van der Waals surface area (Å²) in [5, 5.41) is 0. The van der Waals surface area contributed by atoms with Gasteiger partial charge >= 0.3 is 11.9 Å². The molecule has 4 nitrogen and oxygen atoms in total. The molecule has 0 fully saturated rings. The minimum absolute atomic E-state index is 0.186. The summed E-state index contributed by atoms with van der Waals surface area (Å²) in [6.45, 7) is 1.36. The molecule has 0 N–H and O–H groups in total. The van der Waals surface area contributed by atoms with Gasteiger partial charge in [0.05, 0.1) is 13.0 Å². The molecule has 0 heterocycles. The highest BCUT2D eigenvalue weighted by Gasteiger charge is 2.26. The number of carbonyl (C=O) groups is 2. The van der Waals surface area contributed by atoms with Gasteiger partial charge in [0.1, 0.15) is 6.10 Å². The lowest BCUT2D eigenvalue weighted by molar-refractivity contribution is -0.151. The van der Waals surface area contributed by atoms with Crippen molar-refractivity contribution in [3.8, 4) is 0 Å². The van der Waals surface area contributed by atoms with E-state index in [2.05, 4.69) is 4.74 Å². The van der Waals surface area contributed by atoms with E-state index in [1.807, 2.05) is 6.08 Å². The van der Waals surface area contributed by atoms with Crippen LogP contribution in [0.3, 0.4) is 0 Å². The highest BCUT2D eigenvalue weighted by molar-refractivity contribution is 5.73. The molecule has 0 saturated heterocycles. The number of hydrogen-bond donors (Lipinski definition) is 0. The molecule has 0 radical (unpaired) electrons. The van der Waals surface area contributed by atoms with Crippen LogP contribution in [0.25, 0.3) is 0 Å². The van der Waals surface area contributed by atoms with E-state index in [-0.39, 0.29) is 24.0 Å². The molecule has 0 aromatic carbocycles. The Morgan fingerprint density at radius 1 is 1.43 bits per heavy atom. The summed E-state index contributed by atoms with van der Waals surface area (Å²) >= 11 is 0. The smallest absolute Gasteiger partial charge is 0.309 e. The molecule has 0 bridgehead atoms. The standard InChI is InChI=1S/C10H14O4/c1-7(11)14-9-5-3-4-8(6-9)10(12)13-2/h3,5,8-9H,4,6H2,1-2H3/t8-,9+/m1/s1. The van der Waals surface area contributed by atoms with Gasteiger partial charge in [-0.1, -0.05) is 6.08 Å². The summed E-state index contributed by atoms with van der Waals surface area (Å²) in [7, 11) is 1.36. The zero-order chi connectivity index (χ0) is 10.6. The molecule has 1 aliphatic rings. The predicted molar refractivity (Wildman–Crippen MR) is 49.4 cm³/mol. The molecule has 2 atom stereocenters.